The smallest absolute Gasteiger partial charge is 0.363 e. The first kappa shape index (κ1) is 57.6. The third-order valence-electron chi connectivity index (χ3n) is 12.6. The second kappa shape index (κ2) is 25.9. The van der Waals surface area contributed by atoms with E-state index in [9.17, 15) is 19.2 Å². The van der Waals surface area contributed by atoms with Gasteiger partial charge in [0.25, 0.3) is 5.88 Å². The Bertz CT molecular complexity index is 4290. The lowest BCUT2D eigenvalue weighted by atomic mass is 10.2. The predicted octanol–water partition coefficient (Wildman–Crippen LogP) is 12.3. The minimum absolute atomic E-state index is 0.272. The second-order valence-electron chi connectivity index (χ2n) is 18.6. The Kier molecular flexibility index (Phi) is 16.6. The number of hydrogen-bond acceptors (Lipinski definition) is 26. The van der Waals surface area contributed by atoms with Crippen LogP contribution in [-0.2, 0) is 0 Å². The molecule has 0 amide bonds. The Morgan fingerprint density at radius 3 is 1.32 bits per heavy atom. The van der Waals surface area contributed by atoms with E-state index in [-0.39, 0.29) is 11.6 Å². The van der Waals surface area contributed by atoms with Crippen LogP contribution in [0.25, 0.3) is 0 Å². The number of rotatable bonds is 0. The first-order valence-corrected chi connectivity index (χ1v) is 29.8. The zero-order valence-corrected chi connectivity index (χ0v) is 49.7. The van der Waals surface area contributed by atoms with Crippen molar-refractivity contribution in [2.75, 3.05) is 31.9 Å². The van der Waals surface area contributed by atoms with Crippen LogP contribution in [-0.4, -0.2) is 70.2 Å². The summed E-state index contributed by atoms with van der Waals surface area (Å²) in [5.41, 5.74) is 3.90. The van der Waals surface area contributed by atoms with E-state index in [0.29, 0.717) is 49.3 Å². The number of fused-ring (bicyclic) bond motifs is 12. The molecule has 6 aliphatic heterocycles. The molecular weight excluding hydrogens is 1250 g/mol. The number of nitrogens with zero attached hydrogens (tertiary/aromatic N) is 8. The molecule has 0 saturated heterocycles. The molecule has 444 valence electrons. The topological polar surface area (TPSA) is 366 Å². The lowest BCUT2D eigenvalue weighted by molar-refractivity contribution is 0.448. The van der Waals surface area contributed by atoms with Crippen molar-refractivity contribution in [3.8, 4) is 34.6 Å². The highest BCUT2D eigenvalue weighted by Gasteiger charge is 2.22. The van der Waals surface area contributed by atoms with Crippen LogP contribution in [0.3, 0.4) is 0 Å². The quantitative estimate of drug-likeness (QED) is 0.0627. The van der Waals surface area contributed by atoms with Crippen molar-refractivity contribution in [1.29, 1.82) is 0 Å². The summed E-state index contributed by atoms with van der Waals surface area (Å²) in [5, 5.41) is 31.6. The lowest BCUT2D eigenvalue weighted by Gasteiger charge is -2.20. The maximum Gasteiger partial charge on any atom is 0.363 e. The third-order valence-corrected chi connectivity index (χ3v) is 16.3. The summed E-state index contributed by atoms with van der Waals surface area (Å²) in [6, 6.07) is 46.4. The highest BCUT2D eigenvalue weighted by atomic mass is 32.2. The van der Waals surface area contributed by atoms with Gasteiger partial charge in [0.15, 0.2) is 60.8 Å². The van der Waals surface area contributed by atoms with Gasteiger partial charge in [-0.25, -0.2) is 44.3 Å². The molecule has 0 aliphatic carbocycles. The lowest BCUT2D eigenvalue weighted by Crippen LogP contribution is -2.17. The van der Waals surface area contributed by atoms with Crippen LogP contribution in [0.5, 0.6) is 34.6 Å². The van der Waals surface area contributed by atoms with Crippen LogP contribution in [0.15, 0.2) is 219 Å². The first-order valence-electron chi connectivity index (χ1n) is 26.5. The van der Waals surface area contributed by atoms with Crippen LogP contribution < -0.4 is 68.9 Å². The number of anilines is 12. The van der Waals surface area contributed by atoms with E-state index < -0.39 is 17.1 Å². The molecule has 27 nitrogen and oxygen atoms in total. The average molecular weight is 1290 g/mol. The van der Waals surface area contributed by atoms with Crippen LogP contribution in [0.1, 0.15) is 0 Å². The molecule has 12 N–H and O–H groups in total. The molecule has 0 radical (unpaired) electrons. The summed E-state index contributed by atoms with van der Waals surface area (Å²) in [5.74, 6) is 7.39. The van der Waals surface area contributed by atoms with Crippen LogP contribution >= 0.6 is 59.7 Å². The van der Waals surface area contributed by atoms with Gasteiger partial charge in [-0.1, -0.05) is 108 Å². The summed E-state index contributed by atoms with van der Waals surface area (Å²) in [4.78, 5) is 83.4. The zero-order valence-electron chi connectivity index (χ0n) is 45.6. The van der Waals surface area contributed by atoms with Crippen LogP contribution in [0, 0.1) is 9.54 Å². The average Bonchev–Trinajstić information content (AvgIpc) is 1.82. The number of aromatic amines is 6. The van der Waals surface area contributed by atoms with Gasteiger partial charge in [-0.3, -0.25) is 9.97 Å². The van der Waals surface area contributed by atoms with Gasteiger partial charge < -0.3 is 56.1 Å². The molecule has 0 saturated carbocycles. The molecule has 0 atom stereocenters. The summed E-state index contributed by atoms with van der Waals surface area (Å²) >= 11 is 14.7. The molecule has 12 aromatic rings. The normalized spacial score (nSPS) is 12.3. The van der Waals surface area contributed by atoms with Gasteiger partial charge in [0.2, 0.25) is 5.82 Å². The Labute approximate surface area is 527 Å². The second-order valence-corrected chi connectivity index (χ2v) is 22.6. The van der Waals surface area contributed by atoms with Crippen molar-refractivity contribution in [2.24, 2.45) is 0 Å². The first-order chi connectivity index (χ1) is 44.0. The van der Waals surface area contributed by atoms with Gasteiger partial charge in [0.1, 0.15) is 11.6 Å². The van der Waals surface area contributed by atoms with Crippen molar-refractivity contribution >= 4 is 129 Å². The Hall–Kier alpha value is -11.5. The van der Waals surface area contributed by atoms with Gasteiger partial charge in [-0.05, 0) is 97.2 Å². The molecule has 18 rings (SSSR count). The number of aromatic nitrogens is 14. The van der Waals surface area contributed by atoms with Crippen molar-refractivity contribution in [2.45, 2.75) is 29.5 Å². The fraction of sp³-hybridized carbons (Fsp3) is 0. The zero-order chi connectivity index (χ0) is 61.5. The van der Waals surface area contributed by atoms with Crippen molar-refractivity contribution in [3.63, 3.8) is 0 Å². The highest BCUT2D eigenvalue weighted by molar-refractivity contribution is 8.00. The van der Waals surface area contributed by atoms with Gasteiger partial charge in [-0.2, -0.15) is 20.1 Å². The van der Waals surface area contributed by atoms with Crippen molar-refractivity contribution < 1.29 is 14.2 Å². The molecule has 6 aromatic carbocycles. The standard InChI is InChI=1S/C10H7N3O2.2C10H7N3OS.C10H7N3S2.C9H6N4O2.C9H6N4OS/c2*14-10-11-5-8-9(13-10)12-6-3-1-2-4-7(6)15-8;15-10-11-5-8-9(13-10)12-6-3-1-2-4-7(6)14-8;14-10-11-5-8-9(13-10)12-6-3-1-2-4-7(6)15-8;2*14-9-11-7-8(12-13-9)15-6-4-2-1-3-5(6)10-7/h2*1-5H,(H2,11,12,13,14);1-5H,(H2,11,12,13,15);1-5H,(H2,11,12,13,14);2*1-4H,(H2,10,11,13,14). The number of nitrogens with one attached hydrogen (secondary N) is 12. The predicted molar refractivity (Wildman–Crippen MR) is 345 cm³/mol. The molecular formula is C58H40N20O7S5. The molecule has 6 aliphatic rings. The van der Waals surface area contributed by atoms with E-state index in [1.807, 2.05) is 133 Å². The molecule has 0 unspecified atom stereocenters. The summed E-state index contributed by atoms with van der Waals surface area (Å²) in [6.07, 6.45) is 6.39. The Balaban J connectivity index is 0.0000000991. The maximum atomic E-state index is 11.0. The fourth-order valence-corrected chi connectivity index (χ4v) is 11.6. The highest BCUT2D eigenvalue weighted by Crippen LogP contribution is 2.45. The molecule has 90 heavy (non-hydrogen) atoms. The van der Waals surface area contributed by atoms with Gasteiger partial charge in [-0.15, -0.1) is 5.10 Å². The summed E-state index contributed by atoms with van der Waals surface area (Å²) in [7, 11) is 0. The van der Waals surface area contributed by atoms with Crippen LogP contribution in [0.4, 0.5) is 69.0 Å². The molecule has 0 bridgehead atoms. The third kappa shape index (κ3) is 13.4. The molecule has 6 aromatic heterocycles. The minimum Gasteiger partial charge on any atom is -0.450 e. The van der Waals surface area contributed by atoms with Crippen molar-refractivity contribution in [1.82, 2.24) is 70.2 Å². The van der Waals surface area contributed by atoms with E-state index in [1.165, 1.54) is 22.9 Å². The Morgan fingerprint density at radius 2 is 0.722 bits per heavy atom. The van der Waals surface area contributed by atoms with E-state index in [4.69, 9.17) is 38.6 Å². The van der Waals surface area contributed by atoms with E-state index in [2.05, 4.69) is 108 Å². The summed E-state index contributed by atoms with van der Waals surface area (Å²) in [6.45, 7) is 0. The number of hydrogen-bond donors (Lipinski definition) is 12. The minimum atomic E-state index is -0.510. The van der Waals surface area contributed by atoms with Crippen molar-refractivity contribution in [3.05, 3.63) is 222 Å². The fourth-order valence-electron chi connectivity index (χ4n) is 8.60. The number of ether oxygens (including phenoxy) is 3. The van der Waals surface area contributed by atoms with E-state index in [1.54, 1.807) is 48.2 Å². The SMILES string of the molecule is O=c1nc2c(n[nH]1)Oc1ccccc1N2.O=c1nc2c(n[nH]1)Sc1ccccc1N2.O=c1ncc2c([nH]1)Nc1ccccc1O2.O=c1ncc2c([nH]1)Nc1ccccc1S2.S=c1ncc2c([nH]1)Nc1ccccc1O2.S=c1ncc2c([nH]1)Nc1ccccc1S2. The summed E-state index contributed by atoms with van der Waals surface area (Å²) < 4.78 is 17.5. The van der Waals surface area contributed by atoms with Gasteiger partial charge >= 0.3 is 22.8 Å². The van der Waals surface area contributed by atoms with Gasteiger partial charge in [0.05, 0.1) is 62.5 Å². The molecule has 32 heteroatoms. The number of para-hydroxylation sites is 9. The molecule has 12 heterocycles. The number of benzene rings is 6. The maximum absolute atomic E-state index is 11.0. The number of H-pyrrole nitrogens is 6. The van der Waals surface area contributed by atoms with Crippen LogP contribution in [0.2, 0.25) is 0 Å². The van der Waals surface area contributed by atoms with E-state index >= 15 is 0 Å². The van der Waals surface area contributed by atoms with Gasteiger partial charge in [0, 0.05) is 20.9 Å². The largest absolute Gasteiger partial charge is 0.450 e. The molecule has 0 fully saturated rings. The monoisotopic (exact) mass is 1290 g/mol. The van der Waals surface area contributed by atoms with E-state index in [0.717, 1.165) is 82.7 Å². The Morgan fingerprint density at radius 1 is 0.333 bits per heavy atom. The molecule has 0 spiro atoms.